The number of benzene rings is 1. The first kappa shape index (κ1) is 19.9. The lowest BCUT2D eigenvalue weighted by Crippen LogP contribution is -2.26. The molecule has 0 bridgehead atoms. The highest BCUT2D eigenvalue weighted by Gasteiger charge is 2.26. The van der Waals surface area contributed by atoms with Crippen LogP contribution in [0.2, 0.25) is 0 Å². The molecule has 3 N–H and O–H groups in total. The van der Waals surface area contributed by atoms with E-state index >= 15 is 0 Å². The van der Waals surface area contributed by atoms with Crippen LogP contribution in [0.15, 0.2) is 18.3 Å². The number of pyridine rings is 1. The fourth-order valence-corrected chi connectivity index (χ4v) is 3.17. The van der Waals surface area contributed by atoms with Gasteiger partial charge in [-0.2, -0.15) is 0 Å². The average molecular weight is 384 g/mol. The van der Waals surface area contributed by atoms with Crippen molar-refractivity contribution in [1.29, 1.82) is 0 Å². The molecular formula is C21H28N4O3. The molecule has 2 amide bonds. The maximum Gasteiger partial charge on any atom is 0.255 e. The number of nitrogens with one attached hydrogen (secondary N) is 3. The van der Waals surface area contributed by atoms with E-state index in [2.05, 4.69) is 27.9 Å². The van der Waals surface area contributed by atoms with Crippen molar-refractivity contribution in [1.82, 2.24) is 15.6 Å². The third kappa shape index (κ3) is 4.52. The molecule has 0 atom stereocenters. The van der Waals surface area contributed by atoms with E-state index in [1.807, 2.05) is 12.1 Å². The smallest absolute Gasteiger partial charge is 0.255 e. The van der Waals surface area contributed by atoms with Crippen molar-refractivity contribution in [3.63, 3.8) is 0 Å². The fraction of sp³-hybridized carbons (Fsp3) is 0.476. The van der Waals surface area contributed by atoms with E-state index in [9.17, 15) is 9.59 Å². The summed E-state index contributed by atoms with van der Waals surface area (Å²) in [6.07, 6.45) is 5.83. The highest BCUT2D eigenvalue weighted by molar-refractivity contribution is 6.07. The molecule has 1 heterocycles. The molecule has 28 heavy (non-hydrogen) atoms. The molecule has 0 radical (unpaired) electrons. The molecule has 0 spiro atoms. The molecule has 0 aliphatic heterocycles. The van der Waals surface area contributed by atoms with Gasteiger partial charge in [0.1, 0.15) is 5.75 Å². The van der Waals surface area contributed by atoms with E-state index in [4.69, 9.17) is 4.74 Å². The van der Waals surface area contributed by atoms with Crippen molar-refractivity contribution in [3.8, 4) is 5.75 Å². The normalized spacial score (nSPS) is 13.2. The van der Waals surface area contributed by atoms with Crippen LogP contribution < -0.4 is 20.7 Å². The summed E-state index contributed by atoms with van der Waals surface area (Å²) in [5.41, 5.74) is 2.69. The lowest BCUT2D eigenvalue weighted by molar-refractivity contribution is -0.120. The summed E-state index contributed by atoms with van der Waals surface area (Å²) in [4.78, 5) is 29.3. The van der Waals surface area contributed by atoms with Crippen LogP contribution in [0.3, 0.4) is 0 Å². The van der Waals surface area contributed by atoms with Crippen molar-refractivity contribution in [2.24, 2.45) is 0 Å². The first-order chi connectivity index (χ1) is 13.6. The Hall–Kier alpha value is -2.83. The van der Waals surface area contributed by atoms with Gasteiger partial charge in [0, 0.05) is 42.8 Å². The summed E-state index contributed by atoms with van der Waals surface area (Å²) in [6.45, 7) is 2.75. The number of ether oxygens (including phenoxy) is 1. The van der Waals surface area contributed by atoms with Gasteiger partial charge in [-0.25, -0.2) is 0 Å². The number of amides is 2. The molecule has 1 aromatic heterocycles. The van der Waals surface area contributed by atoms with Crippen molar-refractivity contribution >= 4 is 28.4 Å². The monoisotopic (exact) mass is 384 g/mol. The number of nitrogens with zero attached hydrogens (tertiary/aromatic N) is 1. The molecule has 0 saturated heterocycles. The summed E-state index contributed by atoms with van der Waals surface area (Å²) in [6, 6.07) is 3.97. The second-order valence-electron chi connectivity index (χ2n) is 7.11. The number of methoxy groups -OCH3 is 1. The predicted molar refractivity (Wildman–Crippen MR) is 110 cm³/mol. The van der Waals surface area contributed by atoms with E-state index in [1.54, 1.807) is 20.4 Å². The Balaban J connectivity index is 1.94. The van der Waals surface area contributed by atoms with Crippen molar-refractivity contribution in [3.05, 3.63) is 29.5 Å². The summed E-state index contributed by atoms with van der Waals surface area (Å²) >= 11 is 0. The number of carbonyl (C=O) groups excluding carboxylic acids is 2. The van der Waals surface area contributed by atoms with Crippen molar-refractivity contribution in [2.75, 3.05) is 26.0 Å². The largest absolute Gasteiger partial charge is 0.496 e. The summed E-state index contributed by atoms with van der Waals surface area (Å²) in [5, 5.41) is 9.85. The minimum Gasteiger partial charge on any atom is -0.496 e. The molecule has 7 heteroatoms. The van der Waals surface area contributed by atoms with Gasteiger partial charge in [-0.15, -0.1) is 0 Å². The van der Waals surface area contributed by atoms with Crippen LogP contribution in [0, 0.1) is 0 Å². The third-order valence-electron chi connectivity index (χ3n) is 4.88. The van der Waals surface area contributed by atoms with Gasteiger partial charge in [0.25, 0.3) is 5.91 Å². The van der Waals surface area contributed by atoms with Gasteiger partial charge in [0.2, 0.25) is 5.91 Å². The Kier molecular flexibility index (Phi) is 6.34. The summed E-state index contributed by atoms with van der Waals surface area (Å²) < 4.78 is 5.47. The number of rotatable bonds is 9. The molecule has 7 nitrogen and oxygen atoms in total. The quantitative estimate of drug-likeness (QED) is 0.578. The highest BCUT2D eigenvalue weighted by atomic mass is 16.5. The van der Waals surface area contributed by atoms with Gasteiger partial charge < -0.3 is 20.7 Å². The zero-order valence-electron chi connectivity index (χ0n) is 16.7. The van der Waals surface area contributed by atoms with Crippen LogP contribution >= 0.6 is 0 Å². The zero-order chi connectivity index (χ0) is 20.1. The lowest BCUT2D eigenvalue weighted by Gasteiger charge is -2.15. The Morgan fingerprint density at radius 1 is 1.29 bits per heavy atom. The highest BCUT2D eigenvalue weighted by Crippen LogP contribution is 2.32. The summed E-state index contributed by atoms with van der Waals surface area (Å²) in [7, 11) is 3.36. The second kappa shape index (κ2) is 8.91. The van der Waals surface area contributed by atoms with Gasteiger partial charge >= 0.3 is 0 Å². The maximum absolute atomic E-state index is 12.6. The average Bonchev–Trinajstić information content (AvgIpc) is 3.50. The number of aromatic nitrogens is 1. The molecule has 1 aliphatic rings. The zero-order valence-corrected chi connectivity index (χ0v) is 16.7. The fourth-order valence-electron chi connectivity index (χ4n) is 3.17. The van der Waals surface area contributed by atoms with Crippen molar-refractivity contribution in [2.45, 2.75) is 45.1 Å². The van der Waals surface area contributed by atoms with Crippen LogP contribution in [0.1, 0.15) is 48.5 Å². The van der Waals surface area contributed by atoms with Crippen LogP contribution in [-0.4, -0.2) is 43.5 Å². The number of hydrogen-bond acceptors (Lipinski definition) is 5. The Labute approximate surface area is 165 Å². The molecule has 1 aromatic carbocycles. The van der Waals surface area contributed by atoms with E-state index in [0.717, 1.165) is 36.6 Å². The van der Waals surface area contributed by atoms with Gasteiger partial charge in [0.15, 0.2) is 0 Å². The molecular weight excluding hydrogens is 356 g/mol. The number of unbranched alkanes of at least 4 members (excludes halogenated alkanes) is 1. The Bertz CT molecular complexity index is 878. The number of carbonyl (C=O) groups is 2. The van der Waals surface area contributed by atoms with E-state index < -0.39 is 0 Å². The number of hydrogen-bond donors (Lipinski definition) is 3. The molecule has 3 rings (SSSR count). The first-order valence-electron chi connectivity index (χ1n) is 9.82. The van der Waals surface area contributed by atoms with E-state index in [1.165, 1.54) is 0 Å². The van der Waals surface area contributed by atoms with Gasteiger partial charge in [-0.1, -0.05) is 13.3 Å². The second-order valence-corrected chi connectivity index (χ2v) is 7.11. The standard InChI is InChI=1S/C21H28N4O3/c1-4-5-8-23-19(26)10-13-9-15-17(11-18(13)28-3)24-12-16(20(15)22-2)21(27)25-14-6-7-14/h9,11-12,14H,4-8,10H2,1-3H3,(H,22,24)(H,23,26)(H,25,27). The Morgan fingerprint density at radius 3 is 2.71 bits per heavy atom. The minimum atomic E-state index is -0.129. The van der Waals surface area contributed by atoms with Crippen LogP contribution in [0.4, 0.5) is 5.69 Å². The SMILES string of the molecule is CCCCNC(=O)Cc1cc2c(NC)c(C(=O)NC3CC3)cnc2cc1OC. The number of anilines is 1. The Morgan fingerprint density at radius 2 is 2.07 bits per heavy atom. The maximum atomic E-state index is 12.6. The van der Waals surface area contributed by atoms with Gasteiger partial charge in [-0.3, -0.25) is 14.6 Å². The molecule has 150 valence electrons. The summed E-state index contributed by atoms with van der Waals surface area (Å²) in [5.74, 6) is 0.437. The van der Waals surface area contributed by atoms with Crippen LogP contribution in [-0.2, 0) is 11.2 Å². The lowest BCUT2D eigenvalue weighted by atomic mass is 10.0. The van der Waals surface area contributed by atoms with Crippen LogP contribution in [0.5, 0.6) is 5.75 Å². The molecule has 1 fully saturated rings. The topological polar surface area (TPSA) is 92.4 Å². The minimum absolute atomic E-state index is 0.0484. The van der Waals surface area contributed by atoms with E-state index in [0.29, 0.717) is 29.1 Å². The molecule has 1 saturated carbocycles. The van der Waals surface area contributed by atoms with Gasteiger partial charge in [-0.05, 0) is 25.3 Å². The van der Waals surface area contributed by atoms with Gasteiger partial charge in [0.05, 0.1) is 30.3 Å². The van der Waals surface area contributed by atoms with E-state index in [-0.39, 0.29) is 24.3 Å². The molecule has 1 aliphatic carbocycles. The molecule has 0 unspecified atom stereocenters. The number of fused-ring (bicyclic) bond motifs is 1. The molecule has 2 aromatic rings. The van der Waals surface area contributed by atoms with Crippen molar-refractivity contribution < 1.29 is 14.3 Å². The third-order valence-corrected chi connectivity index (χ3v) is 4.88. The predicted octanol–water partition coefficient (Wildman–Crippen LogP) is 2.64. The first-order valence-corrected chi connectivity index (χ1v) is 9.82. The van der Waals surface area contributed by atoms with Crippen LogP contribution in [0.25, 0.3) is 10.9 Å².